The van der Waals surface area contributed by atoms with E-state index < -0.39 is 0 Å². The number of rotatable bonds is 3. The molecule has 0 aromatic heterocycles. The highest BCUT2D eigenvalue weighted by Gasteiger charge is 2.23. The van der Waals surface area contributed by atoms with E-state index in [2.05, 4.69) is 29.2 Å². The van der Waals surface area contributed by atoms with Crippen LogP contribution in [0.15, 0.2) is 0 Å². The zero-order valence-electron chi connectivity index (χ0n) is 10.2. The standard InChI is InChI=1S/C12H25N3/c1-14-7-5-11(10-14)3-4-12-9-13-6-8-15(12)2/h11-13H,3-10H2,1-2H3. The molecular weight excluding hydrogens is 186 g/mol. The van der Waals surface area contributed by atoms with Gasteiger partial charge in [0.25, 0.3) is 0 Å². The summed E-state index contributed by atoms with van der Waals surface area (Å²) in [4.78, 5) is 4.99. The van der Waals surface area contributed by atoms with Crippen molar-refractivity contribution >= 4 is 0 Å². The molecule has 2 atom stereocenters. The second kappa shape index (κ2) is 5.28. The minimum absolute atomic E-state index is 0.782. The summed E-state index contributed by atoms with van der Waals surface area (Å²) < 4.78 is 0. The van der Waals surface area contributed by atoms with E-state index in [9.17, 15) is 0 Å². The van der Waals surface area contributed by atoms with E-state index in [1.165, 1.54) is 52.0 Å². The van der Waals surface area contributed by atoms with Crippen molar-refractivity contribution in [3.63, 3.8) is 0 Å². The second-order valence-corrected chi connectivity index (χ2v) is 5.33. The van der Waals surface area contributed by atoms with Gasteiger partial charge in [-0.1, -0.05) is 0 Å². The van der Waals surface area contributed by atoms with Crippen molar-refractivity contribution in [2.45, 2.75) is 25.3 Å². The first-order chi connectivity index (χ1) is 7.25. The minimum atomic E-state index is 0.782. The van der Waals surface area contributed by atoms with Crippen LogP contribution in [0.25, 0.3) is 0 Å². The number of hydrogen-bond acceptors (Lipinski definition) is 3. The summed E-state index contributed by atoms with van der Waals surface area (Å²) in [5.41, 5.74) is 0. The molecule has 2 saturated heterocycles. The van der Waals surface area contributed by atoms with E-state index in [-0.39, 0.29) is 0 Å². The van der Waals surface area contributed by atoms with Crippen LogP contribution >= 0.6 is 0 Å². The van der Waals surface area contributed by atoms with Crippen LogP contribution in [0.1, 0.15) is 19.3 Å². The van der Waals surface area contributed by atoms with Crippen LogP contribution < -0.4 is 5.32 Å². The Bertz CT molecular complexity index is 195. The molecule has 0 amide bonds. The Morgan fingerprint density at radius 2 is 2.07 bits per heavy atom. The quantitative estimate of drug-likeness (QED) is 0.738. The lowest BCUT2D eigenvalue weighted by Crippen LogP contribution is -2.49. The zero-order valence-corrected chi connectivity index (χ0v) is 10.2. The van der Waals surface area contributed by atoms with Crippen molar-refractivity contribution in [2.75, 3.05) is 46.8 Å². The lowest BCUT2D eigenvalue weighted by atomic mass is 9.98. The van der Waals surface area contributed by atoms with Gasteiger partial charge < -0.3 is 15.1 Å². The molecule has 1 N–H and O–H groups in total. The molecule has 3 heteroatoms. The Hall–Kier alpha value is -0.120. The molecule has 2 heterocycles. The largest absolute Gasteiger partial charge is 0.314 e. The van der Waals surface area contributed by atoms with E-state index in [1.807, 2.05) is 0 Å². The van der Waals surface area contributed by atoms with Gasteiger partial charge in [0.15, 0.2) is 0 Å². The van der Waals surface area contributed by atoms with Crippen LogP contribution in [0.4, 0.5) is 0 Å². The van der Waals surface area contributed by atoms with Crippen LogP contribution in [-0.4, -0.2) is 62.7 Å². The lowest BCUT2D eigenvalue weighted by Gasteiger charge is -2.33. The van der Waals surface area contributed by atoms with Gasteiger partial charge in [0.2, 0.25) is 0 Å². The van der Waals surface area contributed by atoms with Gasteiger partial charge in [-0.15, -0.1) is 0 Å². The lowest BCUT2D eigenvalue weighted by molar-refractivity contribution is 0.181. The van der Waals surface area contributed by atoms with Crippen LogP contribution in [0.3, 0.4) is 0 Å². The molecule has 2 fully saturated rings. The zero-order chi connectivity index (χ0) is 10.7. The molecule has 2 aliphatic rings. The Labute approximate surface area is 93.8 Å². The van der Waals surface area contributed by atoms with Crippen LogP contribution in [0, 0.1) is 5.92 Å². The van der Waals surface area contributed by atoms with Crippen LogP contribution in [-0.2, 0) is 0 Å². The van der Waals surface area contributed by atoms with Gasteiger partial charge >= 0.3 is 0 Å². The minimum Gasteiger partial charge on any atom is -0.314 e. The molecule has 2 rings (SSSR count). The number of piperazine rings is 1. The van der Waals surface area contributed by atoms with Crippen molar-refractivity contribution < 1.29 is 0 Å². The predicted octanol–water partition coefficient (Wildman–Crippen LogP) is 0.622. The van der Waals surface area contributed by atoms with Crippen molar-refractivity contribution in [1.82, 2.24) is 15.1 Å². The van der Waals surface area contributed by atoms with Crippen LogP contribution in [0.2, 0.25) is 0 Å². The van der Waals surface area contributed by atoms with Gasteiger partial charge in [-0.25, -0.2) is 0 Å². The first-order valence-corrected chi connectivity index (χ1v) is 6.35. The maximum Gasteiger partial charge on any atom is 0.0218 e. The summed E-state index contributed by atoms with van der Waals surface area (Å²) in [6, 6.07) is 0.782. The molecule has 0 aliphatic carbocycles. The number of likely N-dealkylation sites (tertiary alicyclic amines) is 1. The molecule has 0 saturated carbocycles. The maximum absolute atomic E-state index is 3.50. The topological polar surface area (TPSA) is 18.5 Å². The van der Waals surface area contributed by atoms with E-state index in [0.717, 1.165) is 12.0 Å². The maximum atomic E-state index is 3.50. The monoisotopic (exact) mass is 211 g/mol. The average molecular weight is 211 g/mol. The second-order valence-electron chi connectivity index (χ2n) is 5.33. The highest BCUT2D eigenvalue weighted by atomic mass is 15.2. The highest BCUT2D eigenvalue weighted by molar-refractivity contribution is 4.80. The smallest absolute Gasteiger partial charge is 0.0218 e. The predicted molar refractivity (Wildman–Crippen MR) is 64.1 cm³/mol. The first-order valence-electron chi connectivity index (χ1n) is 6.35. The molecule has 2 aliphatic heterocycles. The Morgan fingerprint density at radius 1 is 1.20 bits per heavy atom. The summed E-state index contributed by atoms with van der Waals surface area (Å²) in [7, 11) is 4.51. The fourth-order valence-corrected chi connectivity index (χ4v) is 2.87. The van der Waals surface area contributed by atoms with Crippen molar-refractivity contribution in [3.05, 3.63) is 0 Å². The van der Waals surface area contributed by atoms with E-state index >= 15 is 0 Å². The molecule has 88 valence electrons. The summed E-state index contributed by atoms with van der Waals surface area (Å²) in [6.45, 7) is 6.21. The van der Waals surface area contributed by atoms with Crippen molar-refractivity contribution in [1.29, 1.82) is 0 Å². The fourth-order valence-electron chi connectivity index (χ4n) is 2.87. The number of likely N-dealkylation sites (N-methyl/N-ethyl adjacent to an activating group) is 1. The normalized spacial score (nSPS) is 34.8. The van der Waals surface area contributed by atoms with Crippen molar-refractivity contribution in [3.8, 4) is 0 Å². The van der Waals surface area contributed by atoms with Gasteiger partial charge in [0.05, 0.1) is 0 Å². The van der Waals surface area contributed by atoms with Gasteiger partial charge in [-0.3, -0.25) is 0 Å². The van der Waals surface area contributed by atoms with Gasteiger partial charge in [0, 0.05) is 32.2 Å². The third kappa shape index (κ3) is 3.16. The third-order valence-electron chi connectivity index (χ3n) is 4.04. The summed E-state index contributed by atoms with van der Waals surface area (Å²) in [5.74, 6) is 0.963. The number of nitrogens with zero attached hydrogens (tertiary/aromatic N) is 2. The molecule has 2 unspecified atom stereocenters. The molecule has 3 nitrogen and oxygen atoms in total. The van der Waals surface area contributed by atoms with Gasteiger partial charge in [0.1, 0.15) is 0 Å². The molecule has 0 bridgehead atoms. The first kappa shape index (κ1) is 11.4. The molecule has 0 aromatic carbocycles. The molecule has 15 heavy (non-hydrogen) atoms. The summed E-state index contributed by atoms with van der Waals surface area (Å²) in [6.07, 6.45) is 4.21. The average Bonchev–Trinajstić information content (AvgIpc) is 2.63. The molecule has 0 radical (unpaired) electrons. The highest BCUT2D eigenvalue weighted by Crippen LogP contribution is 2.21. The van der Waals surface area contributed by atoms with Crippen molar-refractivity contribution in [2.24, 2.45) is 5.92 Å². The Balaban J connectivity index is 1.68. The SMILES string of the molecule is CN1CCC(CCC2CNCCN2C)C1. The Kier molecular flexibility index (Phi) is 4.00. The van der Waals surface area contributed by atoms with Gasteiger partial charge in [-0.2, -0.15) is 0 Å². The van der Waals surface area contributed by atoms with Gasteiger partial charge in [-0.05, 0) is 45.8 Å². The summed E-state index contributed by atoms with van der Waals surface area (Å²) in [5, 5.41) is 3.50. The molecular formula is C12H25N3. The van der Waals surface area contributed by atoms with E-state index in [1.54, 1.807) is 0 Å². The molecule has 0 aromatic rings. The fraction of sp³-hybridized carbons (Fsp3) is 1.00. The number of nitrogens with one attached hydrogen (secondary N) is 1. The molecule has 0 spiro atoms. The third-order valence-corrected chi connectivity index (χ3v) is 4.04. The van der Waals surface area contributed by atoms with E-state index in [4.69, 9.17) is 0 Å². The number of hydrogen-bond donors (Lipinski definition) is 1. The van der Waals surface area contributed by atoms with E-state index in [0.29, 0.717) is 0 Å². The van der Waals surface area contributed by atoms with Crippen LogP contribution in [0.5, 0.6) is 0 Å². The summed E-state index contributed by atoms with van der Waals surface area (Å²) >= 11 is 0. The Morgan fingerprint density at radius 3 is 2.73 bits per heavy atom.